The first kappa shape index (κ1) is 18.2. The molecule has 0 heterocycles. The third-order valence-electron chi connectivity index (χ3n) is 3.43. The zero-order valence-electron chi connectivity index (χ0n) is 14.1. The number of carbonyl (C=O) groups is 3. The topological polar surface area (TPSA) is 95.5 Å². The van der Waals surface area contributed by atoms with Gasteiger partial charge in [-0.1, -0.05) is 24.3 Å². The van der Waals surface area contributed by atoms with E-state index in [2.05, 4.69) is 10.6 Å². The van der Waals surface area contributed by atoms with E-state index in [0.717, 1.165) is 0 Å². The van der Waals surface area contributed by atoms with Crippen molar-refractivity contribution in [1.29, 1.82) is 0 Å². The number of nitrogens with one attached hydrogen (secondary N) is 2. The standard InChI is InChI=1S/C19H20N2O4/c1-12(2)20-18(23)14-7-5-8-15(10-14)21-17(22)11-13-6-3-4-9-16(13)19(24)25/h3-10,12H,11H2,1-2H3,(H,20,23)(H,21,22)(H,24,25). The number of carboxylic acids is 1. The van der Waals surface area contributed by atoms with E-state index < -0.39 is 5.97 Å². The Kier molecular flexibility index (Phi) is 5.89. The SMILES string of the molecule is CC(C)NC(=O)c1cccc(NC(=O)Cc2ccccc2C(=O)O)c1. The molecule has 0 fully saturated rings. The van der Waals surface area contributed by atoms with E-state index in [-0.39, 0.29) is 29.8 Å². The molecule has 0 aromatic heterocycles. The van der Waals surface area contributed by atoms with Gasteiger partial charge in [-0.15, -0.1) is 0 Å². The van der Waals surface area contributed by atoms with E-state index in [9.17, 15) is 14.4 Å². The van der Waals surface area contributed by atoms with Gasteiger partial charge in [-0.3, -0.25) is 9.59 Å². The van der Waals surface area contributed by atoms with Crippen LogP contribution in [0.4, 0.5) is 5.69 Å². The lowest BCUT2D eigenvalue weighted by Gasteiger charge is -2.11. The van der Waals surface area contributed by atoms with Gasteiger partial charge in [0.2, 0.25) is 5.91 Å². The summed E-state index contributed by atoms with van der Waals surface area (Å²) in [7, 11) is 0. The number of carboxylic acid groups (broad SMARTS) is 1. The second-order valence-corrected chi connectivity index (χ2v) is 5.90. The molecule has 0 atom stereocenters. The Balaban J connectivity index is 2.09. The zero-order valence-corrected chi connectivity index (χ0v) is 14.1. The van der Waals surface area contributed by atoms with Gasteiger partial charge in [0.15, 0.2) is 0 Å². The van der Waals surface area contributed by atoms with Crippen LogP contribution in [-0.2, 0) is 11.2 Å². The van der Waals surface area contributed by atoms with Crippen molar-refractivity contribution < 1.29 is 19.5 Å². The molecule has 0 spiro atoms. The van der Waals surface area contributed by atoms with Crippen LogP contribution in [0.15, 0.2) is 48.5 Å². The van der Waals surface area contributed by atoms with Crippen LogP contribution in [0.25, 0.3) is 0 Å². The van der Waals surface area contributed by atoms with Gasteiger partial charge in [-0.25, -0.2) is 4.79 Å². The number of carbonyl (C=O) groups excluding carboxylic acids is 2. The smallest absolute Gasteiger partial charge is 0.335 e. The van der Waals surface area contributed by atoms with E-state index in [1.165, 1.54) is 6.07 Å². The maximum absolute atomic E-state index is 12.2. The van der Waals surface area contributed by atoms with Gasteiger partial charge in [0.05, 0.1) is 12.0 Å². The summed E-state index contributed by atoms with van der Waals surface area (Å²) in [4.78, 5) is 35.4. The van der Waals surface area contributed by atoms with Crippen molar-refractivity contribution in [3.63, 3.8) is 0 Å². The van der Waals surface area contributed by atoms with Gasteiger partial charge in [-0.2, -0.15) is 0 Å². The first-order valence-electron chi connectivity index (χ1n) is 7.89. The molecule has 6 heteroatoms. The van der Waals surface area contributed by atoms with Crippen LogP contribution in [0.1, 0.15) is 40.1 Å². The average Bonchev–Trinajstić information content (AvgIpc) is 2.54. The number of hydrogen-bond donors (Lipinski definition) is 3. The van der Waals surface area contributed by atoms with Crippen molar-refractivity contribution in [1.82, 2.24) is 5.32 Å². The summed E-state index contributed by atoms with van der Waals surface area (Å²) < 4.78 is 0. The fourth-order valence-electron chi connectivity index (χ4n) is 2.34. The van der Waals surface area contributed by atoms with E-state index in [1.54, 1.807) is 42.5 Å². The highest BCUT2D eigenvalue weighted by Gasteiger charge is 2.13. The third-order valence-corrected chi connectivity index (χ3v) is 3.43. The molecule has 2 aromatic rings. The van der Waals surface area contributed by atoms with Crippen molar-refractivity contribution in [3.05, 3.63) is 65.2 Å². The van der Waals surface area contributed by atoms with Gasteiger partial charge < -0.3 is 15.7 Å². The Morgan fingerprint density at radius 2 is 1.76 bits per heavy atom. The molecule has 3 N–H and O–H groups in total. The molecule has 2 rings (SSSR count). The number of anilines is 1. The molecule has 130 valence electrons. The highest BCUT2D eigenvalue weighted by Crippen LogP contribution is 2.14. The second kappa shape index (κ2) is 8.10. The highest BCUT2D eigenvalue weighted by molar-refractivity contribution is 5.98. The number of aromatic carboxylic acids is 1. The summed E-state index contributed by atoms with van der Waals surface area (Å²) >= 11 is 0. The molecule has 2 amide bonds. The summed E-state index contributed by atoms with van der Waals surface area (Å²) in [6, 6.07) is 13.0. The highest BCUT2D eigenvalue weighted by atomic mass is 16.4. The molecule has 0 bridgehead atoms. The Hall–Kier alpha value is -3.15. The monoisotopic (exact) mass is 340 g/mol. The van der Waals surface area contributed by atoms with Crippen LogP contribution in [-0.4, -0.2) is 28.9 Å². The van der Waals surface area contributed by atoms with E-state index in [4.69, 9.17) is 5.11 Å². The van der Waals surface area contributed by atoms with Crippen LogP contribution in [0.5, 0.6) is 0 Å². The Bertz CT molecular complexity index is 800. The molecule has 0 radical (unpaired) electrons. The summed E-state index contributed by atoms with van der Waals surface area (Å²) in [5.74, 6) is -1.65. The minimum atomic E-state index is -1.07. The zero-order chi connectivity index (χ0) is 18.4. The summed E-state index contributed by atoms with van der Waals surface area (Å²) in [6.45, 7) is 3.73. The van der Waals surface area contributed by atoms with Crippen molar-refractivity contribution in [2.75, 3.05) is 5.32 Å². The normalized spacial score (nSPS) is 10.4. The molecule has 25 heavy (non-hydrogen) atoms. The van der Waals surface area contributed by atoms with Crippen molar-refractivity contribution in [3.8, 4) is 0 Å². The largest absolute Gasteiger partial charge is 0.478 e. The molecule has 0 aliphatic carbocycles. The molecular weight excluding hydrogens is 320 g/mol. The lowest BCUT2D eigenvalue weighted by Crippen LogP contribution is -2.30. The van der Waals surface area contributed by atoms with E-state index in [1.807, 2.05) is 13.8 Å². The summed E-state index contributed by atoms with van der Waals surface area (Å²) in [5.41, 5.74) is 1.45. The van der Waals surface area contributed by atoms with Crippen molar-refractivity contribution in [2.24, 2.45) is 0 Å². The third kappa shape index (κ3) is 5.17. The van der Waals surface area contributed by atoms with Gasteiger partial charge in [0.1, 0.15) is 0 Å². The maximum atomic E-state index is 12.2. The molecule has 6 nitrogen and oxygen atoms in total. The fraction of sp³-hybridized carbons (Fsp3) is 0.211. The van der Waals surface area contributed by atoms with Crippen molar-refractivity contribution in [2.45, 2.75) is 26.3 Å². The van der Waals surface area contributed by atoms with Crippen LogP contribution < -0.4 is 10.6 Å². The van der Waals surface area contributed by atoms with Crippen molar-refractivity contribution >= 4 is 23.5 Å². The molecular formula is C19H20N2O4. The first-order valence-corrected chi connectivity index (χ1v) is 7.89. The number of rotatable bonds is 6. The molecule has 2 aromatic carbocycles. The van der Waals surface area contributed by atoms with Crippen LogP contribution in [0.3, 0.4) is 0 Å². The predicted molar refractivity (Wildman–Crippen MR) is 94.8 cm³/mol. The Morgan fingerprint density at radius 1 is 1.04 bits per heavy atom. The number of hydrogen-bond acceptors (Lipinski definition) is 3. The summed E-state index contributed by atoms with van der Waals surface area (Å²) in [5, 5.41) is 14.6. The fourth-order valence-corrected chi connectivity index (χ4v) is 2.34. The van der Waals surface area contributed by atoms with Gasteiger partial charge >= 0.3 is 5.97 Å². The Labute approximate surface area is 145 Å². The van der Waals surface area contributed by atoms with Gasteiger partial charge in [-0.05, 0) is 43.7 Å². The molecule has 0 unspecified atom stereocenters. The van der Waals surface area contributed by atoms with Crippen LogP contribution in [0.2, 0.25) is 0 Å². The van der Waals surface area contributed by atoms with Crippen LogP contribution >= 0.6 is 0 Å². The molecule has 0 saturated heterocycles. The minimum Gasteiger partial charge on any atom is -0.478 e. The second-order valence-electron chi connectivity index (χ2n) is 5.90. The lowest BCUT2D eigenvalue weighted by molar-refractivity contribution is -0.115. The van der Waals surface area contributed by atoms with E-state index >= 15 is 0 Å². The number of benzene rings is 2. The molecule has 0 aliphatic heterocycles. The van der Waals surface area contributed by atoms with Crippen LogP contribution in [0, 0.1) is 0 Å². The molecule has 0 aliphatic rings. The van der Waals surface area contributed by atoms with Gasteiger partial charge in [0, 0.05) is 17.3 Å². The average molecular weight is 340 g/mol. The number of amides is 2. The summed E-state index contributed by atoms with van der Waals surface area (Å²) in [6.07, 6.45) is -0.0646. The van der Waals surface area contributed by atoms with Gasteiger partial charge in [0.25, 0.3) is 5.91 Å². The maximum Gasteiger partial charge on any atom is 0.335 e. The minimum absolute atomic E-state index is 0.0123. The first-order chi connectivity index (χ1) is 11.9. The quantitative estimate of drug-likeness (QED) is 0.753. The molecule has 0 saturated carbocycles. The Morgan fingerprint density at radius 3 is 2.44 bits per heavy atom. The van der Waals surface area contributed by atoms with E-state index in [0.29, 0.717) is 16.8 Å². The lowest BCUT2D eigenvalue weighted by atomic mass is 10.0. The predicted octanol–water partition coefficient (Wildman–Crippen LogP) is 2.70.